The van der Waals surface area contributed by atoms with E-state index in [0.717, 1.165) is 42.2 Å². The molecule has 0 saturated heterocycles. The molecule has 8 heterocycles. The Hall–Kier alpha value is -12.0. The maximum atomic E-state index is 13.9. The van der Waals surface area contributed by atoms with Crippen LogP contribution in [0.25, 0.3) is 0 Å². The number of ether oxygens (including phenoxy) is 4. The molecule has 0 bridgehead atoms. The Morgan fingerprint density at radius 3 is 1.23 bits per heavy atom. The number of hydrogen-bond acceptors (Lipinski definition) is 21. The van der Waals surface area contributed by atoms with Gasteiger partial charge in [0.15, 0.2) is 51.3 Å². The van der Waals surface area contributed by atoms with Crippen molar-refractivity contribution in [2.75, 3.05) is 0 Å². The zero-order valence-electron chi connectivity index (χ0n) is 51.6. The molecule has 98 heavy (non-hydrogen) atoms. The van der Waals surface area contributed by atoms with E-state index in [9.17, 15) is 45.5 Å². The summed E-state index contributed by atoms with van der Waals surface area (Å²) in [5.41, 5.74) is 3.17. The summed E-state index contributed by atoms with van der Waals surface area (Å²) in [6, 6.07) is 29.1. The lowest BCUT2D eigenvalue weighted by Gasteiger charge is -2.11. The highest BCUT2D eigenvalue weighted by atomic mass is 35.5. The monoisotopic (exact) mass is 1370 g/mol. The second kappa shape index (κ2) is 33.9. The molecule has 0 spiro atoms. The van der Waals surface area contributed by atoms with Crippen LogP contribution in [0.5, 0.6) is 46.0 Å². The van der Waals surface area contributed by atoms with E-state index < -0.39 is 29.2 Å². The van der Waals surface area contributed by atoms with Crippen LogP contribution < -0.4 is 18.9 Å². The van der Waals surface area contributed by atoms with Crippen LogP contribution in [0.2, 0.25) is 5.02 Å². The summed E-state index contributed by atoms with van der Waals surface area (Å²) in [6.07, 6.45) is 19.8. The molecule has 0 fully saturated rings. The van der Waals surface area contributed by atoms with Gasteiger partial charge in [-0.25, -0.2) is 66.8 Å². The molecule has 4 aromatic carbocycles. The van der Waals surface area contributed by atoms with Crippen molar-refractivity contribution in [2.45, 2.75) is 52.4 Å². The number of rotatable bonds is 21. The molecule has 20 nitrogen and oxygen atoms in total. The molecule has 0 aliphatic carbocycles. The van der Waals surface area contributed by atoms with Gasteiger partial charge in [-0.2, -0.15) is 4.39 Å². The zero-order chi connectivity index (χ0) is 69.6. The fourth-order valence-electron chi connectivity index (χ4n) is 8.62. The number of nitrogens with zero attached hydrogens (tertiary/aromatic N) is 12. The Bertz CT molecular complexity index is 4700. The first-order valence-corrected chi connectivity index (χ1v) is 30.2. The minimum atomic E-state index is -3.04. The first kappa shape index (κ1) is 70.3. The van der Waals surface area contributed by atoms with Crippen molar-refractivity contribution in [3.8, 4) is 46.0 Å². The van der Waals surface area contributed by atoms with Gasteiger partial charge in [-0.1, -0.05) is 35.1 Å². The fraction of sp³-hybridized carbons (Fsp3) is 0.114. The Labute approximate surface area is 563 Å². The van der Waals surface area contributed by atoms with Crippen molar-refractivity contribution in [2.24, 2.45) is 0 Å². The van der Waals surface area contributed by atoms with E-state index in [2.05, 4.69) is 59.8 Å². The van der Waals surface area contributed by atoms with Gasteiger partial charge in [0, 0.05) is 93.1 Å². The third-order valence-corrected chi connectivity index (χ3v) is 14.1. The van der Waals surface area contributed by atoms with Crippen LogP contribution in [0.1, 0.15) is 87.4 Å². The number of halogens is 7. The molecule has 0 unspecified atom stereocenters. The van der Waals surface area contributed by atoms with Crippen molar-refractivity contribution in [1.29, 1.82) is 0 Å². The van der Waals surface area contributed by atoms with Crippen LogP contribution in [0.3, 0.4) is 0 Å². The highest BCUT2D eigenvalue weighted by molar-refractivity contribution is 7.10. The third kappa shape index (κ3) is 22.1. The molecule has 0 N–H and O–H groups in total. The molecule has 0 saturated carbocycles. The highest BCUT2D eigenvalue weighted by Gasteiger charge is 2.25. The highest BCUT2D eigenvalue weighted by Crippen LogP contribution is 2.31. The summed E-state index contributed by atoms with van der Waals surface area (Å²) < 4.78 is 104. The second-order valence-corrected chi connectivity index (χ2v) is 22.3. The number of alkyl halides is 2. The molecule has 0 aliphatic rings. The van der Waals surface area contributed by atoms with E-state index in [4.69, 9.17) is 30.5 Å². The average Bonchev–Trinajstić information content (AvgIpc) is 0.968. The zero-order valence-corrected chi connectivity index (χ0v) is 53.2. The van der Waals surface area contributed by atoms with E-state index in [-0.39, 0.29) is 99.1 Å². The first-order chi connectivity index (χ1) is 47.1. The van der Waals surface area contributed by atoms with Gasteiger partial charge in [-0.3, -0.25) is 34.1 Å². The molecule has 8 aromatic heterocycles. The summed E-state index contributed by atoms with van der Waals surface area (Å²) >= 11 is 6.93. The maximum Gasteiger partial charge on any atom is 0.270 e. The summed E-state index contributed by atoms with van der Waals surface area (Å²) in [5.74, 6) is -3.65. The molecule has 12 rings (SSSR count). The molecule has 494 valence electrons. The third-order valence-electron chi connectivity index (χ3n) is 13.0. The number of Topliss-reactive ketones (excluding diaryl/α,β-unsaturated/α-hetero) is 4. The van der Waals surface area contributed by atoms with Crippen LogP contribution in [0.15, 0.2) is 209 Å². The molecule has 12 aromatic rings. The van der Waals surface area contributed by atoms with Crippen molar-refractivity contribution in [3.05, 3.63) is 298 Å². The number of benzene rings is 4. The first-order valence-electron chi connectivity index (χ1n) is 29.0. The Morgan fingerprint density at radius 1 is 0.429 bits per heavy atom. The fourth-order valence-corrected chi connectivity index (χ4v) is 9.63. The van der Waals surface area contributed by atoms with Crippen LogP contribution in [-0.2, 0) is 31.6 Å². The van der Waals surface area contributed by atoms with E-state index >= 15 is 0 Å². The Balaban J connectivity index is 0.000000153. The van der Waals surface area contributed by atoms with Gasteiger partial charge < -0.3 is 18.9 Å². The van der Waals surface area contributed by atoms with Crippen molar-refractivity contribution < 1.29 is 64.5 Å². The molecule has 0 atom stereocenters. The lowest BCUT2D eigenvalue weighted by Crippen LogP contribution is -2.10. The number of aromatic nitrogens is 12. The molecule has 0 aliphatic heterocycles. The number of aryl methyl sites for hydroxylation is 2. The van der Waals surface area contributed by atoms with Crippen LogP contribution in [0, 0.1) is 36.4 Å². The normalized spacial score (nSPS) is 10.7. The van der Waals surface area contributed by atoms with E-state index in [0.29, 0.717) is 55.7 Å². The van der Waals surface area contributed by atoms with Crippen molar-refractivity contribution >= 4 is 46.1 Å². The van der Waals surface area contributed by atoms with E-state index in [1.807, 2.05) is 19.1 Å². The van der Waals surface area contributed by atoms with Crippen LogP contribution >= 0.6 is 22.9 Å². The van der Waals surface area contributed by atoms with Gasteiger partial charge >= 0.3 is 0 Å². The molecular weight excluding hydrogens is 1320 g/mol. The lowest BCUT2D eigenvalue weighted by atomic mass is 10.0. The smallest absolute Gasteiger partial charge is 0.270 e. The molecule has 0 amide bonds. The van der Waals surface area contributed by atoms with E-state index in [1.165, 1.54) is 136 Å². The molecule has 0 radical (unpaired) electrons. The number of ketones is 4. The average molecular weight is 1370 g/mol. The number of carbonyl (C=O) groups is 4. The minimum absolute atomic E-state index is 0.00363. The van der Waals surface area contributed by atoms with Gasteiger partial charge in [-0.15, -0.1) is 0 Å². The molecule has 28 heteroatoms. The quantitative estimate of drug-likeness (QED) is 0.0478. The Kier molecular flexibility index (Phi) is 24.4. The minimum Gasteiger partial charge on any atom is -0.454 e. The topological polar surface area (TPSA) is 260 Å². The van der Waals surface area contributed by atoms with Gasteiger partial charge in [0.05, 0.1) is 81.0 Å². The van der Waals surface area contributed by atoms with Gasteiger partial charge in [0.25, 0.3) is 5.92 Å². The van der Waals surface area contributed by atoms with Crippen LogP contribution in [0.4, 0.5) is 26.3 Å². The van der Waals surface area contributed by atoms with Gasteiger partial charge in [0.1, 0.15) is 70.8 Å². The number of hydrogen-bond donors (Lipinski definition) is 0. The standard InChI is InChI=1S/C19H14F3N3O2.C18H14FN3O2.C17H12FN3O2.C16H11ClFN3O2S/c1-19(21,22)13-2-3-25-15(6-13)8-18(26)12-4-14(20)7-16(5-12)27-17-9-23-11-24-10-17;1-12-3-2-4-15(22-12)8-18(23)13-5-14(19)7-16(6-13)24-17-9-20-11-21-10-17;18-13-5-12(17(22)8-14-3-1-2-4-21-14)6-15(7-13)23-16-9-19-11-20-10-16;1-9-16(18)24-15(21-9)5-14(22)10-2-11(17)4-12(3-10)23-13-6-19-8-20-7-13/h2-7,9-11H,8H2,1H3;2-7,9-11H,8H2,1H3;1-7,9-11H,8H2;2-4,6-8H,5H2,1H3. The summed E-state index contributed by atoms with van der Waals surface area (Å²) in [6.45, 7) is 4.18. The van der Waals surface area contributed by atoms with Gasteiger partial charge in [0.2, 0.25) is 0 Å². The summed E-state index contributed by atoms with van der Waals surface area (Å²) in [4.78, 5) is 96.4. The maximum absolute atomic E-state index is 13.9. The summed E-state index contributed by atoms with van der Waals surface area (Å²) in [5, 5.41) is 0.403. The number of carbonyl (C=O) groups excluding carboxylic acids is 4. The lowest BCUT2D eigenvalue weighted by molar-refractivity contribution is 0.0172. The molecular formula is C70H51ClF6N12O8S. The largest absolute Gasteiger partial charge is 0.454 e. The van der Waals surface area contributed by atoms with Crippen molar-refractivity contribution in [3.63, 3.8) is 0 Å². The number of pyridine rings is 3. The summed E-state index contributed by atoms with van der Waals surface area (Å²) in [7, 11) is 0. The van der Waals surface area contributed by atoms with E-state index in [1.54, 1.807) is 49.5 Å². The SMILES string of the molecule is CC(F)(F)c1ccnc(CC(=O)c2cc(F)cc(Oc3cncnc3)c2)c1.Cc1cccc(CC(=O)c2cc(F)cc(Oc3cncnc3)c2)n1.Cc1nc(CC(=O)c2cc(Cl)cc(Oc3cncnc3)c2)sc1F.O=C(Cc1ccccn1)c1cc(F)cc(Oc2cncnc2)c1. The van der Waals surface area contributed by atoms with Gasteiger partial charge in [-0.05, 0) is 105 Å². The Morgan fingerprint density at radius 2 is 0.827 bits per heavy atom. The predicted octanol–water partition coefficient (Wildman–Crippen LogP) is 15.4. The van der Waals surface area contributed by atoms with Crippen molar-refractivity contribution in [1.82, 2.24) is 59.8 Å². The predicted molar refractivity (Wildman–Crippen MR) is 345 cm³/mol. The second-order valence-electron chi connectivity index (χ2n) is 20.8. The van der Waals surface area contributed by atoms with Crippen LogP contribution in [-0.4, -0.2) is 82.9 Å². The number of thiazole rings is 1.